The zero-order chi connectivity index (χ0) is 11.7. The van der Waals surface area contributed by atoms with Gasteiger partial charge in [-0.05, 0) is 23.3 Å². The number of hydrogen-bond acceptors (Lipinski definition) is 2. The first kappa shape index (κ1) is 9.85. The number of benzene rings is 2. The summed E-state index contributed by atoms with van der Waals surface area (Å²) in [5, 5.41) is 1.13. The molecule has 17 heavy (non-hydrogen) atoms. The maximum absolute atomic E-state index is 5.85. The predicted molar refractivity (Wildman–Crippen MR) is 71.6 cm³/mol. The predicted octanol–water partition coefficient (Wildman–Crippen LogP) is 3.48. The number of nitrogens with two attached hydrogens (primary N) is 1. The van der Waals surface area contributed by atoms with Crippen molar-refractivity contribution in [3.05, 3.63) is 60.7 Å². The molecule has 0 aliphatic rings. The van der Waals surface area contributed by atoms with Gasteiger partial charge in [0.1, 0.15) is 5.82 Å². The molecule has 0 radical (unpaired) electrons. The lowest BCUT2D eigenvalue weighted by molar-refractivity contribution is 1.41. The molecule has 3 aromatic rings. The summed E-state index contributed by atoms with van der Waals surface area (Å²) in [5.74, 6) is 0.558. The van der Waals surface area contributed by atoms with Crippen LogP contribution in [-0.4, -0.2) is 4.98 Å². The van der Waals surface area contributed by atoms with Gasteiger partial charge < -0.3 is 5.73 Å². The third kappa shape index (κ3) is 1.74. The van der Waals surface area contributed by atoms with Crippen LogP contribution in [0.4, 0.5) is 5.82 Å². The number of aromatic nitrogens is 1. The SMILES string of the molecule is Nc1cc(-c2ccccc2)c2ccccc2n1. The molecule has 0 bridgehead atoms. The maximum atomic E-state index is 5.85. The second-order valence-electron chi connectivity index (χ2n) is 3.98. The highest BCUT2D eigenvalue weighted by atomic mass is 14.8. The van der Waals surface area contributed by atoms with Crippen LogP contribution in [0.15, 0.2) is 60.7 Å². The number of nitrogens with zero attached hydrogens (tertiary/aromatic N) is 1. The Bertz CT molecular complexity index is 660. The highest BCUT2D eigenvalue weighted by Crippen LogP contribution is 2.28. The standard InChI is InChI=1S/C15H12N2/c16-15-10-13(11-6-2-1-3-7-11)12-8-4-5-9-14(12)17-15/h1-10H,(H2,16,17). The summed E-state index contributed by atoms with van der Waals surface area (Å²) in [6.45, 7) is 0. The second-order valence-corrected chi connectivity index (χ2v) is 3.98. The summed E-state index contributed by atoms with van der Waals surface area (Å²) >= 11 is 0. The van der Waals surface area contributed by atoms with E-state index in [1.807, 2.05) is 42.5 Å². The van der Waals surface area contributed by atoms with Gasteiger partial charge in [0.25, 0.3) is 0 Å². The lowest BCUT2D eigenvalue weighted by Gasteiger charge is -2.07. The molecule has 0 unspecified atom stereocenters. The molecular formula is C15H12N2. The van der Waals surface area contributed by atoms with E-state index in [0.29, 0.717) is 5.82 Å². The molecule has 0 aliphatic heterocycles. The minimum absolute atomic E-state index is 0.558. The van der Waals surface area contributed by atoms with Crippen LogP contribution in [0.1, 0.15) is 0 Å². The van der Waals surface area contributed by atoms with Gasteiger partial charge in [-0.25, -0.2) is 4.98 Å². The average molecular weight is 220 g/mol. The third-order valence-corrected chi connectivity index (χ3v) is 2.82. The van der Waals surface area contributed by atoms with Crippen LogP contribution in [0.2, 0.25) is 0 Å². The molecule has 0 aliphatic carbocycles. The molecule has 1 heterocycles. The Balaban J connectivity index is 2.36. The van der Waals surface area contributed by atoms with E-state index in [2.05, 4.69) is 23.2 Å². The fraction of sp³-hybridized carbons (Fsp3) is 0. The molecule has 2 aromatic carbocycles. The van der Waals surface area contributed by atoms with E-state index in [-0.39, 0.29) is 0 Å². The van der Waals surface area contributed by atoms with Crippen molar-refractivity contribution in [2.45, 2.75) is 0 Å². The van der Waals surface area contributed by atoms with Gasteiger partial charge in [-0.2, -0.15) is 0 Å². The number of para-hydroxylation sites is 1. The summed E-state index contributed by atoms with van der Waals surface area (Å²) in [4.78, 5) is 4.34. The van der Waals surface area contributed by atoms with Gasteiger partial charge >= 0.3 is 0 Å². The van der Waals surface area contributed by atoms with Crippen molar-refractivity contribution in [2.75, 3.05) is 5.73 Å². The smallest absolute Gasteiger partial charge is 0.124 e. The molecule has 2 nitrogen and oxygen atoms in total. The van der Waals surface area contributed by atoms with E-state index in [0.717, 1.165) is 22.0 Å². The Labute approximate surface area is 99.7 Å². The topological polar surface area (TPSA) is 38.9 Å². The molecule has 0 amide bonds. The van der Waals surface area contributed by atoms with E-state index >= 15 is 0 Å². The number of anilines is 1. The highest BCUT2D eigenvalue weighted by Gasteiger charge is 2.05. The molecule has 0 fully saturated rings. The summed E-state index contributed by atoms with van der Waals surface area (Å²) < 4.78 is 0. The van der Waals surface area contributed by atoms with Crippen LogP contribution < -0.4 is 5.73 Å². The number of hydrogen-bond donors (Lipinski definition) is 1. The van der Waals surface area contributed by atoms with Crippen LogP contribution in [0.5, 0.6) is 0 Å². The summed E-state index contributed by atoms with van der Waals surface area (Å²) in [7, 11) is 0. The van der Waals surface area contributed by atoms with E-state index in [4.69, 9.17) is 5.73 Å². The third-order valence-electron chi connectivity index (χ3n) is 2.82. The molecule has 2 N–H and O–H groups in total. The molecule has 0 atom stereocenters. The number of rotatable bonds is 1. The van der Waals surface area contributed by atoms with E-state index in [9.17, 15) is 0 Å². The number of pyridine rings is 1. The first-order valence-electron chi connectivity index (χ1n) is 5.55. The summed E-state index contributed by atoms with van der Waals surface area (Å²) in [5.41, 5.74) is 9.09. The normalized spacial score (nSPS) is 10.6. The Morgan fingerprint density at radius 2 is 1.53 bits per heavy atom. The van der Waals surface area contributed by atoms with Gasteiger partial charge in [0.05, 0.1) is 5.52 Å². The minimum atomic E-state index is 0.558. The van der Waals surface area contributed by atoms with Crippen molar-refractivity contribution < 1.29 is 0 Å². The fourth-order valence-electron chi connectivity index (χ4n) is 2.05. The quantitative estimate of drug-likeness (QED) is 0.681. The first-order valence-corrected chi connectivity index (χ1v) is 5.55. The van der Waals surface area contributed by atoms with Crippen molar-refractivity contribution in [1.82, 2.24) is 4.98 Å². The zero-order valence-corrected chi connectivity index (χ0v) is 9.30. The van der Waals surface area contributed by atoms with E-state index < -0.39 is 0 Å². The fourth-order valence-corrected chi connectivity index (χ4v) is 2.05. The Hall–Kier alpha value is -2.35. The molecule has 3 rings (SSSR count). The van der Waals surface area contributed by atoms with Crippen LogP contribution >= 0.6 is 0 Å². The van der Waals surface area contributed by atoms with Crippen LogP contribution in [0.3, 0.4) is 0 Å². The molecule has 0 saturated heterocycles. The largest absolute Gasteiger partial charge is 0.384 e. The maximum Gasteiger partial charge on any atom is 0.124 e. The average Bonchev–Trinajstić information content (AvgIpc) is 2.39. The Kier molecular flexibility index (Phi) is 2.26. The van der Waals surface area contributed by atoms with Crippen LogP contribution in [0, 0.1) is 0 Å². The highest BCUT2D eigenvalue weighted by molar-refractivity contribution is 5.95. The van der Waals surface area contributed by atoms with Crippen molar-refractivity contribution in [2.24, 2.45) is 0 Å². The summed E-state index contributed by atoms with van der Waals surface area (Å²) in [6, 6.07) is 20.2. The van der Waals surface area contributed by atoms with Gasteiger partial charge in [-0.3, -0.25) is 0 Å². The van der Waals surface area contributed by atoms with Crippen LogP contribution in [-0.2, 0) is 0 Å². The minimum Gasteiger partial charge on any atom is -0.384 e. The zero-order valence-electron chi connectivity index (χ0n) is 9.30. The van der Waals surface area contributed by atoms with Gasteiger partial charge in [0, 0.05) is 5.39 Å². The second kappa shape index (κ2) is 3.91. The van der Waals surface area contributed by atoms with Crippen molar-refractivity contribution in [1.29, 1.82) is 0 Å². The first-order chi connectivity index (χ1) is 8.34. The Morgan fingerprint density at radius 1 is 0.824 bits per heavy atom. The molecular weight excluding hydrogens is 208 g/mol. The van der Waals surface area contributed by atoms with Gasteiger partial charge in [0.2, 0.25) is 0 Å². The van der Waals surface area contributed by atoms with Gasteiger partial charge in [-0.15, -0.1) is 0 Å². The van der Waals surface area contributed by atoms with Crippen molar-refractivity contribution >= 4 is 16.7 Å². The molecule has 2 heteroatoms. The van der Waals surface area contributed by atoms with Crippen molar-refractivity contribution in [3.8, 4) is 11.1 Å². The van der Waals surface area contributed by atoms with Crippen molar-refractivity contribution in [3.63, 3.8) is 0 Å². The van der Waals surface area contributed by atoms with Gasteiger partial charge in [-0.1, -0.05) is 48.5 Å². The Morgan fingerprint density at radius 3 is 2.35 bits per heavy atom. The molecule has 82 valence electrons. The molecule has 1 aromatic heterocycles. The number of fused-ring (bicyclic) bond motifs is 1. The lowest BCUT2D eigenvalue weighted by Crippen LogP contribution is -1.92. The molecule has 0 spiro atoms. The van der Waals surface area contributed by atoms with E-state index in [1.165, 1.54) is 0 Å². The number of nitrogen functional groups attached to an aromatic ring is 1. The molecule has 0 saturated carbocycles. The monoisotopic (exact) mass is 220 g/mol. The van der Waals surface area contributed by atoms with Crippen LogP contribution in [0.25, 0.3) is 22.0 Å². The summed E-state index contributed by atoms with van der Waals surface area (Å²) in [6.07, 6.45) is 0. The lowest BCUT2D eigenvalue weighted by atomic mass is 10.0. The van der Waals surface area contributed by atoms with E-state index in [1.54, 1.807) is 0 Å². The van der Waals surface area contributed by atoms with Gasteiger partial charge in [0.15, 0.2) is 0 Å².